The van der Waals surface area contributed by atoms with Gasteiger partial charge in [-0.1, -0.05) is 0 Å². The van der Waals surface area contributed by atoms with Crippen molar-refractivity contribution in [2.24, 2.45) is 5.73 Å². The zero-order valence-electron chi connectivity index (χ0n) is 12.4. The third kappa shape index (κ3) is 6.11. The number of carbonyl (C=O) groups excluding carboxylic acids is 2. The number of likely N-dealkylation sites (N-methyl/N-ethyl adjacent to an activating group) is 1. The molecule has 1 atom stereocenters. The van der Waals surface area contributed by atoms with Gasteiger partial charge >= 0.3 is 0 Å². The minimum absolute atomic E-state index is 0.0339. The quantitative estimate of drug-likeness (QED) is 0.584. The number of likely N-dealkylation sites (tertiary alicyclic amines) is 1. The van der Waals surface area contributed by atoms with E-state index in [2.05, 4.69) is 15.5 Å². The Hall–Kier alpha value is -0.790. The number of hydrogen-bond donors (Lipinski definition) is 3. The summed E-state index contributed by atoms with van der Waals surface area (Å²) in [5, 5.41) is 5.64. The maximum Gasteiger partial charge on any atom is 0.237 e. The second kappa shape index (κ2) is 9.20. The van der Waals surface area contributed by atoms with Crippen LogP contribution >= 0.6 is 11.8 Å². The first-order valence-corrected chi connectivity index (χ1v) is 8.44. The summed E-state index contributed by atoms with van der Waals surface area (Å²) in [7, 11) is 1.64. The van der Waals surface area contributed by atoms with Crippen LogP contribution in [0.5, 0.6) is 0 Å². The van der Waals surface area contributed by atoms with Gasteiger partial charge in [-0.2, -0.15) is 11.8 Å². The molecular formula is C13H26N4O2S. The van der Waals surface area contributed by atoms with Crippen LogP contribution < -0.4 is 16.4 Å². The minimum atomic E-state index is -0.411. The van der Waals surface area contributed by atoms with E-state index < -0.39 is 6.04 Å². The Morgan fingerprint density at radius 1 is 1.40 bits per heavy atom. The summed E-state index contributed by atoms with van der Waals surface area (Å²) in [5.74, 6) is 0.884. The molecule has 0 aromatic rings. The third-order valence-corrected chi connectivity index (χ3v) is 4.19. The first-order valence-electron chi connectivity index (χ1n) is 7.04. The second-order valence-corrected chi connectivity index (χ2v) is 6.11. The van der Waals surface area contributed by atoms with Gasteiger partial charge in [-0.05, 0) is 31.3 Å². The molecule has 0 aliphatic carbocycles. The highest BCUT2D eigenvalue weighted by Gasteiger charge is 2.23. The van der Waals surface area contributed by atoms with E-state index in [-0.39, 0.29) is 17.9 Å². The minimum Gasteiger partial charge on any atom is -0.358 e. The number of nitrogens with one attached hydrogen (secondary N) is 2. The molecule has 0 radical (unpaired) electrons. The van der Waals surface area contributed by atoms with Gasteiger partial charge in [-0.3, -0.25) is 14.5 Å². The first-order chi connectivity index (χ1) is 9.56. The van der Waals surface area contributed by atoms with Crippen molar-refractivity contribution in [3.8, 4) is 0 Å². The molecule has 116 valence electrons. The van der Waals surface area contributed by atoms with Crippen LogP contribution in [0, 0.1) is 0 Å². The Bertz CT molecular complexity index is 319. The molecule has 6 nitrogen and oxygen atoms in total. The van der Waals surface area contributed by atoms with E-state index in [1.54, 1.807) is 18.8 Å². The molecule has 1 aliphatic rings. The number of hydrogen-bond acceptors (Lipinski definition) is 5. The predicted molar refractivity (Wildman–Crippen MR) is 82.6 cm³/mol. The van der Waals surface area contributed by atoms with Crippen molar-refractivity contribution in [3.05, 3.63) is 0 Å². The van der Waals surface area contributed by atoms with Gasteiger partial charge in [0, 0.05) is 26.2 Å². The summed E-state index contributed by atoms with van der Waals surface area (Å²) >= 11 is 1.70. The molecule has 0 bridgehead atoms. The summed E-state index contributed by atoms with van der Waals surface area (Å²) < 4.78 is 0. The van der Waals surface area contributed by atoms with Gasteiger partial charge in [0.1, 0.15) is 0 Å². The van der Waals surface area contributed by atoms with E-state index >= 15 is 0 Å². The van der Waals surface area contributed by atoms with Gasteiger partial charge in [0.25, 0.3) is 0 Å². The van der Waals surface area contributed by atoms with Crippen LogP contribution in [0.3, 0.4) is 0 Å². The first kappa shape index (κ1) is 17.3. The predicted octanol–water partition coefficient (Wildman–Crippen LogP) is -0.607. The van der Waals surface area contributed by atoms with Gasteiger partial charge < -0.3 is 16.4 Å². The fourth-order valence-corrected chi connectivity index (χ4v) is 2.69. The molecule has 2 amide bonds. The molecule has 0 spiro atoms. The average molecular weight is 302 g/mol. The Morgan fingerprint density at radius 2 is 2.05 bits per heavy atom. The molecule has 0 saturated carbocycles. The monoisotopic (exact) mass is 302 g/mol. The Balaban J connectivity index is 2.24. The highest BCUT2D eigenvalue weighted by molar-refractivity contribution is 7.98. The molecule has 0 aromatic heterocycles. The van der Waals surface area contributed by atoms with Crippen LogP contribution in [0.1, 0.15) is 19.3 Å². The van der Waals surface area contributed by atoms with Crippen LogP contribution in [0.25, 0.3) is 0 Å². The molecular weight excluding hydrogens is 276 g/mol. The van der Waals surface area contributed by atoms with Gasteiger partial charge in [-0.25, -0.2) is 0 Å². The van der Waals surface area contributed by atoms with Gasteiger partial charge in [0.2, 0.25) is 11.8 Å². The molecule has 1 fully saturated rings. The molecule has 1 rings (SSSR count). The third-order valence-electron chi connectivity index (χ3n) is 3.55. The number of carbonyl (C=O) groups is 2. The van der Waals surface area contributed by atoms with Gasteiger partial charge in [-0.15, -0.1) is 0 Å². The van der Waals surface area contributed by atoms with E-state index in [1.165, 1.54) is 0 Å². The zero-order valence-corrected chi connectivity index (χ0v) is 13.2. The van der Waals surface area contributed by atoms with Crippen LogP contribution in [-0.4, -0.2) is 67.5 Å². The summed E-state index contributed by atoms with van der Waals surface area (Å²) in [5.41, 5.74) is 5.84. The standard InChI is InChI=1S/C13H26N4O2S/c1-15-12(18)9-17-6-3-10(4-7-17)16-13(19)11(14)5-8-20-2/h10-11H,3-9,14H2,1-2H3,(H,15,18)(H,16,19)/t11-/m0/s1. The summed E-state index contributed by atoms with van der Waals surface area (Å²) in [4.78, 5) is 25.3. The smallest absolute Gasteiger partial charge is 0.237 e. The number of piperidine rings is 1. The highest BCUT2D eigenvalue weighted by Crippen LogP contribution is 2.10. The fourth-order valence-electron chi connectivity index (χ4n) is 2.20. The van der Waals surface area contributed by atoms with Crippen LogP contribution in [0.4, 0.5) is 0 Å². The molecule has 0 unspecified atom stereocenters. The number of nitrogens with zero attached hydrogens (tertiary/aromatic N) is 1. The molecule has 0 aromatic carbocycles. The normalized spacial score (nSPS) is 18.6. The van der Waals surface area contributed by atoms with Crippen LogP contribution in [0.2, 0.25) is 0 Å². The molecule has 1 aliphatic heterocycles. The Kier molecular flexibility index (Phi) is 7.94. The van der Waals surface area contributed by atoms with Crippen molar-refractivity contribution >= 4 is 23.6 Å². The van der Waals surface area contributed by atoms with Crippen LogP contribution in [-0.2, 0) is 9.59 Å². The average Bonchev–Trinajstić information content (AvgIpc) is 2.46. The van der Waals surface area contributed by atoms with Gasteiger partial charge in [0.15, 0.2) is 0 Å². The van der Waals surface area contributed by atoms with Crippen molar-refractivity contribution in [1.82, 2.24) is 15.5 Å². The van der Waals surface area contributed by atoms with E-state index in [0.29, 0.717) is 13.0 Å². The van der Waals surface area contributed by atoms with E-state index in [0.717, 1.165) is 31.7 Å². The summed E-state index contributed by atoms with van der Waals surface area (Å²) in [6.45, 7) is 2.10. The number of thioether (sulfide) groups is 1. The molecule has 1 heterocycles. The van der Waals surface area contributed by atoms with Crippen molar-refractivity contribution in [3.63, 3.8) is 0 Å². The fraction of sp³-hybridized carbons (Fsp3) is 0.846. The van der Waals surface area contributed by atoms with Crippen molar-refractivity contribution in [2.75, 3.05) is 38.7 Å². The molecule has 1 saturated heterocycles. The van der Waals surface area contributed by atoms with Crippen molar-refractivity contribution < 1.29 is 9.59 Å². The number of nitrogens with two attached hydrogens (primary N) is 1. The summed E-state index contributed by atoms with van der Waals surface area (Å²) in [6.07, 6.45) is 4.46. The SMILES string of the molecule is CNC(=O)CN1CCC(NC(=O)[C@@H](N)CCSC)CC1. The van der Waals surface area contributed by atoms with Crippen LogP contribution in [0.15, 0.2) is 0 Å². The lowest BCUT2D eigenvalue weighted by molar-refractivity contribution is -0.124. The zero-order chi connectivity index (χ0) is 15.0. The second-order valence-electron chi connectivity index (χ2n) is 5.12. The Labute approximate surface area is 125 Å². The molecule has 20 heavy (non-hydrogen) atoms. The highest BCUT2D eigenvalue weighted by atomic mass is 32.2. The molecule has 4 N–H and O–H groups in total. The van der Waals surface area contributed by atoms with Crippen molar-refractivity contribution in [1.29, 1.82) is 0 Å². The number of amides is 2. The topological polar surface area (TPSA) is 87.5 Å². The number of rotatable bonds is 7. The van der Waals surface area contributed by atoms with E-state index in [9.17, 15) is 9.59 Å². The largest absolute Gasteiger partial charge is 0.358 e. The van der Waals surface area contributed by atoms with E-state index in [1.807, 2.05) is 6.26 Å². The molecule has 7 heteroatoms. The maximum atomic E-state index is 11.9. The summed E-state index contributed by atoms with van der Waals surface area (Å²) in [6, 6.07) is -0.227. The maximum absolute atomic E-state index is 11.9. The van der Waals surface area contributed by atoms with E-state index in [4.69, 9.17) is 5.73 Å². The lowest BCUT2D eigenvalue weighted by Crippen LogP contribution is -2.50. The van der Waals surface area contributed by atoms with Gasteiger partial charge in [0.05, 0.1) is 12.6 Å². The van der Waals surface area contributed by atoms with Crippen molar-refractivity contribution in [2.45, 2.75) is 31.3 Å². The Morgan fingerprint density at radius 3 is 2.60 bits per heavy atom. The lowest BCUT2D eigenvalue weighted by Gasteiger charge is -2.32. The lowest BCUT2D eigenvalue weighted by atomic mass is 10.0.